The highest BCUT2D eigenvalue weighted by atomic mass is 16.5. The van der Waals surface area contributed by atoms with E-state index in [2.05, 4.69) is 15.8 Å². The Bertz CT molecular complexity index is 837. The van der Waals surface area contributed by atoms with Crippen molar-refractivity contribution in [2.45, 2.75) is 26.8 Å². The van der Waals surface area contributed by atoms with Crippen LogP contribution in [-0.2, 0) is 4.79 Å². The summed E-state index contributed by atoms with van der Waals surface area (Å²) in [4.78, 5) is 24.3. The van der Waals surface area contributed by atoms with Gasteiger partial charge in [-0.05, 0) is 73.9 Å². The summed E-state index contributed by atoms with van der Waals surface area (Å²) in [5, 5.41) is 16.3. The third-order valence-electron chi connectivity index (χ3n) is 3.99. The largest absolute Gasteiger partial charge is 0.507 e. The summed E-state index contributed by atoms with van der Waals surface area (Å²) >= 11 is 0. The molecule has 0 aliphatic carbocycles. The van der Waals surface area contributed by atoms with Crippen LogP contribution in [0.25, 0.3) is 0 Å². The number of nitrogens with zero attached hydrogens (tertiary/aromatic N) is 1. The third kappa shape index (κ3) is 5.31. The van der Waals surface area contributed by atoms with Gasteiger partial charge in [-0.3, -0.25) is 9.59 Å². The van der Waals surface area contributed by atoms with Crippen molar-refractivity contribution < 1.29 is 19.4 Å². The Morgan fingerprint density at radius 1 is 1.15 bits per heavy atom. The summed E-state index contributed by atoms with van der Waals surface area (Å²) in [7, 11) is 1.54. The highest BCUT2D eigenvalue weighted by Crippen LogP contribution is 2.21. The first-order chi connectivity index (χ1) is 12.8. The molecular weight excluding hydrogens is 346 g/mol. The standard InChI is InChI=1S/C20H23N3O4/c1-12-9-15(10-13(2)18(12)24)11-21-23-19(25)14(3)22-20(26)16-5-7-17(27-4)8-6-16/h5-11,14,24H,1-4H3,(H,22,26)(H,23,25)/b21-11+. The molecule has 7 heteroatoms. The van der Waals surface area contributed by atoms with E-state index >= 15 is 0 Å². The number of hydrogen-bond donors (Lipinski definition) is 3. The molecule has 142 valence electrons. The summed E-state index contributed by atoms with van der Waals surface area (Å²) < 4.78 is 5.04. The number of carbonyl (C=O) groups excluding carboxylic acids is 2. The molecule has 27 heavy (non-hydrogen) atoms. The van der Waals surface area contributed by atoms with E-state index in [1.165, 1.54) is 6.21 Å². The van der Waals surface area contributed by atoms with Crippen molar-refractivity contribution in [2.75, 3.05) is 7.11 Å². The summed E-state index contributed by atoms with van der Waals surface area (Å²) in [6.45, 7) is 5.14. The van der Waals surface area contributed by atoms with Crippen LogP contribution in [-0.4, -0.2) is 36.3 Å². The zero-order valence-electron chi connectivity index (χ0n) is 15.7. The van der Waals surface area contributed by atoms with Crippen LogP contribution in [0.2, 0.25) is 0 Å². The van der Waals surface area contributed by atoms with Crippen LogP contribution < -0.4 is 15.5 Å². The number of benzene rings is 2. The minimum absolute atomic E-state index is 0.242. The molecule has 0 bridgehead atoms. The smallest absolute Gasteiger partial charge is 0.262 e. The topological polar surface area (TPSA) is 100 Å². The lowest BCUT2D eigenvalue weighted by molar-refractivity contribution is -0.122. The predicted octanol–water partition coefficient (Wildman–Crippen LogP) is 2.29. The molecule has 0 spiro atoms. The quantitative estimate of drug-likeness (QED) is 0.537. The number of aromatic hydroxyl groups is 1. The molecule has 3 N–H and O–H groups in total. The molecule has 0 saturated heterocycles. The molecule has 1 atom stereocenters. The van der Waals surface area contributed by atoms with Crippen molar-refractivity contribution in [2.24, 2.45) is 5.10 Å². The first kappa shape index (κ1) is 20.0. The van der Waals surface area contributed by atoms with Gasteiger partial charge >= 0.3 is 0 Å². The fourth-order valence-electron chi connectivity index (χ4n) is 2.42. The van der Waals surface area contributed by atoms with Crippen molar-refractivity contribution in [1.29, 1.82) is 0 Å². The molecule has 7 nitrogen and oxygen atoms in total. The Kier molecular flexibility index (Phi) is 6.54. The van der Waals surface area contributed by atoms with Gasteiger partial charge in [-0.15, -0.1) is 0 Å². The summed E-state index contributed by atoms with van der Waals surface area (Å²) in [5.74, 6) is 0.0758. The van der Waals surface area contributed by atoms with E-state index in [9.17, 15) is 14.7 Å². The van der Waals surface area contributed by atoms with Crippen molar-refractivity contribution in [1.82, 2.24) is 10.7 Å². The van der Waals surface area contributed by atoms with Gasteiger partial charge in [0.05, 0.1) is 13.3 Å². The molecule has 0 aliphatic heterocycles. The van der Waals surface area contributed by atoms with Crippen molar-refractivity contribution >= 4 is 18.0 Å². The summed E-state index contributed by atoms with van der Waals surface area (Å²) in [6, 6.07) is 9.33. The average molecular weight is 369 g/mol. The highest BCUT2D eigenvalue weighted by Gasteiger charge is 2.16. The van der Waals surface area contributed by atoms with Crippen molar-refractivity contribution in [3.63, 3.8) is 0 Å². The van der Waals surface area contributed by atoms with Gasteiger partial charge in [0.1, 0.15) is 17.5 Å². The fourth-order valence-corrected chi connectivity index (χ4v) is 2.42. The first-order valence-electron chi connectivity index (χ1n) is 8.40. The number of methoxy groups -OCH3 is 1. The third-order valence-corrected chi connectivity index (χ3v) is 3.99. The van der Waals surface area contributed by atoms with E-state index in [1.54, 1.807) is 64.3 Å². The molecule has 1 unspecified atom stereocenters. The van der Waals surface area contributed by atoms with E-state index in [0.717, 1.165) is 16.7 Å². The van der Waals surface area contributed by atoms with Crippen LogP contribution in [0.4, 0.5) is 0 Å². The molecule has 0 fully saturated rings. The second kappa shape index (κ2) is 8.84. The molecule has 2 rings (SSSR count). The van der Waals surface area contributed by atoms with Crippen LogP contribution in [0.3, 0.4) is 0 Å². The molecule has 0 radical (unpaired) electrons. The van der Waals surface area contributed by atoms with Gasteiger partial charge in [0.15, 0.2) is 0 Å². The Balaban J connectivity index is 1.92. The lowest BCUT2D eigenvalue weighted by Gasteiger charge is -2.12. The van der Waals surface area contributed by atoms with E-state index in [-0.39, 0.29) is 11.7 Å². The Hall–Kier alpha value is -3.35. The number of aryl methyl sites for hydroxylation is 2. The molecule has 0 saturated carbocycles. The molecule has 2 amide bonds. The number of rotatable bonds is 6. The zero-order chi connectivity index (χ0) is 20.0. The second-order valence-electron chi connectivity index (χ2n) is 6.16. The highest BCUT2D eigenvalue weighted by molar-refractivity contribution is 5.97. The number of carbonyl (C=O) groups is 2. The molecule has 0 aliphatic rings. The molecule has 2 aromatic rings. The van der Waals surface area contributed by atoms with Gasteiger partial charge in [-0.1, -0.05) is 0 Å². The van der Waals surface area contributed by atoms with Crippen molar-refractivity contribution in [3.8, 4) is 11.5 Å². The lowest BCUT2D eigenvalue weighted by atomic mass is 10.1. The normalized spacial score (nSPS) is 11.9. The number of phenolic OH excluding ortho intramolecular Hbond substituents is 1. The maximum Gasteiger partial charge on any atom is 0.262 e. The Morgan fingerprint density at radius 3 is 2.30 bits per heavy atom. The minimum Gasteiger partial charge on any atom is -0.507 e. The monoisotopic (exact) mass is 369 g/mol. The van der Waals surface area contributed by atoms with E-state index in [4.69, 9.17) is 4.74 Å². The number of hydrogen-bond acceptors (Lipinski definition) is 5. The summed E-state index contributed by atoms with van der Waals surface area (Å²) in [6.07, 6.45) is 1.48. The van der Waals surface area contributed by atoms with E-state index in [1.807, 2.05) is 0 Å². The van der Waals surface area contributed by atoms with Crippen LogP contribution in [0.15, 0.2) is 41.5 Å². The lowest BCUT2D eigenvalue weighted by Crippen LogP contribution is -2.43. The minimum atomic E-state index is -0.764. The molecular formula is C20H23N3O4. The predicted molar refractivity (Wildman–Crippen MR) is 103 cm³/mol. The van der Waals surface area contributed by atoms with E-state index < -0.39 is 11.9 Å². The number of phenols is 1. The van der Waals surface area contributed by atoms with Gasteiger partial charge in [-0.25, -0.2) is 5.43 Å². The van der Waals surface area contributed by atoms with Crippen LogP contribution in [0.5, 0.6) is 11.5 Å². The zero-order valence-corrected chi connectivity index (χ0v) is 15.7. The van der Waals surface area contributed by atoms with Gasteiger partial charge in [-0.2, -0.15) is 5.10 Å². The maximum atomic E-state index is 12.2. The SMILES string of the molecule is COc1ccc(C(=O)NC(C)C(=O)N/N=C/c2cc(C)c(O)c(C)c2)cc1. The molecule has 2 aromatic carbocycles. The van der Waals surface area contributed by atoms with Gasteiger partial charge in [0.2, 0.25) is 0 Å². The maximum absolute atomic E-state index is 12.2. The fraction of sp³-hybridized carbons (Fsp3) is 0.250. The van der Waals surface area contributed by atoms with Gasteiger partial charge in [0.25, 0.3) is 11.8 Å². The number of amides is 2. The van der Waals surface area contributed by atoms with Gasteiger partial charge in [0, 0.05) is 5.56 Å². The Labute approximate surface area is 158 Å². The Morgan fingerprint density at radius 2 is 1.74 bits per heavy atom. The number of ether oxygens (including phenoxy) is 1. The second-order valence-corrected chi connectivity index (χ2v) is 6.16. The van der Waals surface area contributed by atoms with Gasteiger partial charge < -0.3 is 15.2 Å². The number of nitrogens with one attached hydrogen (secondary N) is 2. The molecule has 0 heterocycles. The van der Waals surface area contributed by atoms with Crippen molar-refractivity contribution in [3.05, 3.63) is 58.7 Å². The molecule has 0 aromatic heterocycles. The average Bonchev–Trinajstić information content (AvgIpc) is 2.65. The number of hydrazone groups is 1. The van der Waals surface area contributed by atoms with E-state index in [0.29, 0.717) is 11.3 Å². The summed E-state index contributed by atoms with van der Waals surface area (Å²) in [5.41, 5.74) is 5.02. The van der Waals surface area contributed by atoms with Crippen LogP contribution >= 0.6 is 0 Å². The first-order valence-corrected chi connectivity index (χ1v) is 8.40. The van der Waals surface area contributed by atoms with Crippen LogP contribution in [0, 0.1) is 13.8 Å². The van der Waals surface area contributed by atoms with Crippen LogP contribution in [0.1, 0.15) is 34.0 Å².